The summed E-state index contributed by atoms with van der Waals surface area (Å²) in [5.41, 5.74) is 2.02. The maximum absolute atomic E-state index is 12.2. The van der Waals surface area contributed by atoms with Crippen LogP contribution in [0.15, 0.2) is 24.3 Å². The van der Waals surface area contributed by atoms with Crippen molar-refractivity contribution in [1.82, 2.24) is 10.2 Å². The van der Waals surface area contributed by atoms with E-state index in [1.165, 1.54) is 31.5 Å². The molecule has 0 unspecified atom stereocenters. The Morgan fingerprint density at radius 3 is 2.61 bits per heavy atom. The number of amides is 1. The van der Waals surface area contributed by atoms with Gasteiger partial charge in [0.05, 0.1) is 6.10 Å². The van der Waals surface area contributed by atoms with Crippen LogP contribution in [0.2, 0.25) is 0 Å². The number of ether oxygens (including phenoxy) is 1. The zero-order chi connectivity index (χ0) is 16.1. The van der Waals surface area contributed by atoms with Gasteiger partial charge >= 0.3 is 0 Å². The molecule has 1 aromatic rings. The Hall–Kier alpha value is -1.39. The van der Waals surface area contributed by atoms with Crippen molar-refractivity contribution in [2.45, 2.75) is 45.3 Å². The number of likely N-dealkylation sites (tertiary alicyclic amines) is 1. The summed E-state index contributed by atoms with van der Waals surface area (Å²) in [6.07, 6.45) is 4.94. The van der Waals surface area contributed by atoms with Gasteiger partial charge in [-0.2, -0.15) is 0 Å². The van der Waals surface area contributed by atoms with E-state index in [1.54, 1.807) is 0 Å². The predicted molar refractivity (Wildman–Crippen MR) is 91.4 cm³/mol. The van der Waals surface area contributed by atoms with Gasteiger partial charge in [0, 0.05) is 25.3 Å². The Bertz CT molecular complexity index is 501. The SMILES string of the molecule is CC1CCN(Cc2ccc(C(=O)NC[C@H]3CCCO3)cc2)CC1. The second-order valence-corrected chi connectivity index (χ2v) is 7.00. The summed E-state index contributed by atoms with van der Waals surface area (Å²) in [4.78, 5) is 14.7. The molecule has 2 fully saturated rings. The Balaban J connectivity index is 1.47. The number of nitrogens with one attached hydrogen (secondary N) is 1. The Morgan fingerprint density at radius 2 is 1.96 bits per heavy atom. The molecule has 0 bridgehead atoms. The molecule has 2 aliphatic heterocycles. The van der Waals surface area contributed by atoms with Crippen LogP contribution in [0.25, 0.3) is 0 Å². The number of rotatable bonds is 5. The van der Waals surface area contributed by atoms with E-state index in [1.807, 2.05) is 12.1 Å². The van der Waals surface area contributed by atoms with E-state index in [-0.39, 0.29) is 12.0 Å². The van der Waals surface area contributed by atoms with Crippen molar-refractivity contribution < 1.29 is 9.53 Å². The molecule has 0 radical (unpaired) electrons. The standard InChI is InChI=1S/C19H28N2O2/c1-15-8-10-21(11-9-15)14-16-4-6-17(7-5-16)19(22)20-13-18-3-2-12-23-18/h4-7,15,18H,2-3,8-14H2,1H3,(H,20,22)/t18-/m1/s1. The second kappa shape index (κ2) is 7.93. The third-order valence-corrected chi connectivity index (χ3v) is 5.01. The predicted octanol–water partition coefficient (Wildman–Crippen LogP) is 2.83. The highest BCUT2D eigenvalue weighted by molar-refractivity contribution is 5.94. The Labute approximate surface area is 139 Å². The van der Waals surface area contributed by atoms with Crippen molar-refractivity contribution >= 4 is 5.91 Å². The van der Waals surface area contributed by atoms with E-state index in [0.717, 1.165) is 37.5 Å². The van der Waals surface area contributed by atoms with Crippen LogP contribution >= 0.6 is 0 Å². The van der Waals surface area contributed by atoms with Crippen LogP contribution in [0.5, 0.6) is 0 Å². The first-order valence-electron chi connectivity index (χ1n) is 8.92. The zero-order valence-corrected chi connectivity index (χ0v) is 14.1. The first kappa shape index (κ1) is 16.5. The summed E-state index contributed by atoms with van der Waals surface area (Å²) >= 11 is 0. The first-order valence-corrected chi connectivity index (χ1v) is 8.92. The van der Waals surface area contributed by atoms with Crippen molar-refractivity contribution in [2.75, 3.05) is 26.2 Å². The minimum Gasteiger partial charge on any atom is -0.376 e. The van der Waals surface area contributed by atoms with Crippen molar-refractivity contribution in [2.24, 2.45) is 5.92 Å². The van der Waals surface area contributed by atoms with Crippen LogP contribution in [0.3, 0.4) is 0 Å². The van der Waals surface area contributed by atoms with Crippen LogP contribution in [-0.2, 0) is 11.3 Å². The minimum atomic E-state index is -0.00107. The van der Waals surface area contributed by atoms with E-state index < -0.39 is 0 Å². The molecule has 3 rings (SSSR count). The van der Waals surface area contributed by atoms with Gasteiger partial charge in [-0.15, -0.1) is 0 Å². The van der Waals surface area contributed by atoms with Gasteiger partial charge < -0.3 is 10.1 Å². The van der Waals surface area contributed by atoms with E-state index in [4.69, 9.17) is 4.74 Å². The maximum Gasteiger partial charge on any atom is 0.251 e. The molecule has 2 saturated heterocycles. The molecule has 0 saturated carbocycles. The average molecular weight is 316 g/mol. The van der Waals surface area contributed by atoms with E-state index in [2.05, 4.69) is 29.3 Å². The third-order valence-electron chi connectivity index (χ3n) is 5.01. The lowest BCUT2D eigenvalue weighted by atomic mass is 9.99. The summed E-state index contributed by atoms with van der Waals surface area (Å²) in [5.74, 6) is 0.861. The number of hydrogen-bond acceptors (Lipinski definition) is 3. The van der Waals surface area contributed by atoms with E-state index in [0.29, 0.717) is 6.54 Å². The molecule has 0 aromatic heterocycles. The fourth-order valence-electron chi connectivity index (χ4n) is 3.35. The van der Waals surface area contributed by atoms with E-state index >= 15 is 0 Å². The monoisotopic (exact) mass is 316 g/mol. The molecule has 1 amide bonds. The molecule has 2 heterocycles. The second-order valence-electron chi connectivity index (χ2n) is 7.00. The van der Waals surface area contributed by atoms with Crippen molar-refractivity contribution in [3.8, 4) is 0 Å². The van der Waals surface area contributed by atoms with E-state index in [9.17, 15) is 4.79 Å². The number of carbonyl (C=O) groups excluding carboxylic acids is 1. The number of nitrogens with zero attached hydrogens (tertiary/aromatic N) is 1. The lowest BCUT2D eigenvalue weighted by Gasteiger charge is -2.30. The highest BCUT2D eigenvalue weighted by Crippen LogP contribution is 2.18. The molecule has 1 atom stereocenters. The van der Waals surface area contributed by atoms with Crippen LogP contribution in [-0.4, -0.2) is 43.2 Å². The lowest BCUT2D eigenvalue weighted by Crippen LogP contribution is -2.32. The van der Waals surface area contributed by atoms with Gasteiger partial charge in [0.2, 0.25) is 0 Å². The van der Waals surface area contributed by atoms with Gasteiger partial charge in [0.1, 0.15) is 0 Å². The van der Waals surface area contributed by atoms with Gasteiger partial charge in [0.25, 0.3) is 5.91 Å². The number of piperidine rings is 1. The molecule has 126 valence electrons. The Kier molecular flexibility index (Phi) is 5.68. The van der Waals surface area contributed by atoms with Gasteiger partial charge in [0.15, 0.2) is 0 Å². The topological polar surface area (TPSA) is 41.6 Å². The van der Waals surface area contributed by atoms with Crippen LogP contribution in [0.1, 0.15) is 48.5 Å². The highest BCUT2D eigenvalue weighted by atomic mass is 16.5. The molecular formula is C19H28N2O2. The Morgan fingerprint density at radius 1 is 1.22 bits per heavy atom. The van der Waals surface area contributed by atoms with Crippen LogP contribution < -0.4 is 5.32 Å². The smallest absolute Gasteiger partial charge is 0.251 e. The van der Waals surface area contributed by atoms with Crippen molar-refractivity contribution in [1.29, 1.82) is 0 Å². The number of benzene rings is 1. The average Bonchev–Trinajstić information content (AvgIpc) is 3.09. The molecule has 0 aliphatic carbocycles. The summed E-state index contributed by atoms with van der Waals surface area (Å²) in [5, 5.41) is 2.97. The molecule has 1 N–H and O–H groups in total. The lowest BCUT2D eigenvalue weighted by molar-refractivity contribution is 0.0857. The molecule has 1 aromatic carbocycles. The van der Waals surface area contributed by atoms with Gasteiger partial charge in [-0.25, -0.2) is 0 Å². The van der Waals surface area contributed by atoms with Crippen molar-refractivity contribution in [3.63, 3.8) is 0 Å². The fourth-order valence-corrected chi connectivity index (χ4v) is 3.35. The minimum absolute atomic E-state index is 0.00107. The molecular weight excluding hydrogens is 288 g/mol. The molecule has 0 spiro atoms. The number of carbonyl (C=O) groups is 1. The normalized spacial score (nSPS) is 23.1. The molecule has 23 heavy (non-hydrogen) atoms. The van der Waals surface area contributed by atoms with Gasteiger partial charge in [-0.05, 0) is 62.4 Å². The summed E-state index contributed by atoms with van der Waals surface area (Å²) in [6, 6.07) is 8.04. The van der Waals surface area contributed by atoms with Gasteiger partial charge in [-0.1, -0.05) is 19.1 Å². The van der Waals surface area contributed by atoms with Crippen molar-refractivity contribution in [3.05, 3.63) is 35.4 Å². The van der Waals surface area contributed by atoms with Gasteiger partial charge in [-0.3, -0.25) is 9.69 Å². The highest BCUT2D eigenvalue weighted by Gasteiger charge is 2.17. The third kappa shape index (κ3) is 4.79. The quantitative estimate of drug-likeness (QED) is 0.908. The van der Waals surface area contributed by atoms with Crippen LogP contribution in [0, 0.1) is 5.92 Å². The summed E-state index contributed by atoms with van der Waals surface area (Å²) < 4.78 is 5.53. The molecule has 4 heteroatoms. The first-order chi connectivity index (χ1) is 11.2. The largest absolute Gasteiger partial charge is 0.376 e. The summed E-state index contributed by atoms with van der Waals surface area (Å²) in [7, 11) is 0. The number of hydrogen-bond donors (Lipinski definition) is 1. The summed E-state index contributed by atoms with van der Waals surface area (Å²) in [6.45, 7) is 7.14. The molecule has 2 aliphatic rings. The maximum atomic E-state index is 12.2. The zero-order valence-electron chi connectivity index (χ0n) is 14.1. The molecule has 4 nitrogen and oxygen atoms in total. The fraction of sp³-hybridized carbons (Fsp3) is 0.632. The van der Waals surface area contributed by atoms with Crippen LogP contribution in [0.4, 0.5) is 0 Å².